The first-order valence-electron chi connectivity index (χ1n) is 15.9. The number of hydrogen-bond donors (Lipinski definition) is 2. The number of aliphatic hydroxyl groups excluding tert-OH is 1. The Labute approximate surface area is 268 Å². The molecule has 0 fully saturated rings. The minimum atomic E-state index is -1.89. The summed E-state index contributed by atoms with van der Waals surface area (Å²) in [5.74, 6) is -0.0910. The SMILES string of the molecule is Cc1cccc([P+](CCCCCCCC(=O)N[C@H](C)[C@H](O)c2ccc([N+](=O)[O-])cc2)(c2cccc(C)c2)c2cccc(C)c2)c1. The van der Waals surface area contributed by atoms with Gasteiger partial charge in [0.1, 0.15) is 23.2 Å². The molecule has 236 valence electrons. The Bertz CT molecular complexity index is 1480. The van der Waals surface area contributed by atoms with Gasteiger partial charge in [0.05, 0.1) is 23.2 Å². The van der Waals surface area contributed by atoms with Gasteiger partial charge in [-0.15, -0.1) is 0 Å². The Balaban J connectivity index is 1.35. The molecule has 0 heterocycles. The molecule has 0 unspecified atom stereocenters. The molecule has 0 aliphatic heterocycles. The van der Waals surface area contributed by atoms with Crippen LogP contribution in [-0.2, 0) is 4.79 Å². The lowest BCUT2D eigenvalue weighted by atomic mass is 10.0. The Hall–Kier alpha value is -3.86. The number of amides is 1. The summed E-state index contributed by atoms with van der Waals surface area (Å²) < 4.78 is 0. The van der Waals surface area contributed by atoms with Crippen molar-refractivity contribution in [2.24, 2.45) is 0 Å². The van der Waals surface area contributed by atoms with Crippen LogP contribution in [-0.4, -0.2) is 28.1 Å². The molecule has 4 aromatic carbocycles. The van der Waals surface area contributed by atoms with E-state index in [4.69, 9.17) is 0 Å². The normalized spacial score (nSPS) is 12.8. The number of non-ortho nitro benzene ring substituents is 1. The zero-order valence-corrected chi connectivity index (χ0v) is 27.8. The van der Waals surface area contributed by atoms with Crippen LogP contribution in [0.15, 0.2) is 97.1 Å². The molecule has 6 nitrogen and oxygen atoms in total. The molecule has 0 aliphatic rings. The Morgan fingerprint density at radius 3 is 1.69 bits per heavy atom. The van der Waals surface area contributed by atoms with Crippen molar-refractivity contribution in [3.8, 4) is 0 Å². The molecule has 0 aliphatic carbocycles. The minimum absolute atomic E-state index is 0.0318. The van der Waals surface area contributed by atoms with Crippen LogP contribution in [0.5, 0.6) is 0 Å². The van der Waals surface area contributed by atoms with Crippen molar-refractivity contribution >= 4 is 34.8 Å². The Morgan fingerprint density at radius 2 is 1.22 bits per heavy atom. The van der Waals surface area contributed by atoms with Gasteiger partial charge >= 0.3 is 0 Å². The van der Waals surface area contributed by atoms with Crippen LogP contribution in [0.4, 0.5) is 5.69 Å². The first kappa shape index (κ1) is 34.0. The van der Waals surface area contributed by atoms with Gasteiger partial charge in [-0.05, 0) is 118 Å². The Kier molecular flexibility index (Phi) is 12.0. The van der Waals surface area contributed by atoms with Crippen LogP contribution >= 0.6 is 7.26 Å². The van der Waals surface area contributed by atoms with Crippen molar-refractivity contribution in [2.45, 2.75) is 78.4 Å². The number of nitrogens with zero attached hydrogens (tertiary/aromatic N) is 1. The summed E-state index contributed by atoms with van der Waals surface area (Å²) >= 11 is 0. The monoisotopic (exact) mass is 625 g/mol. The maximum Gasteiger partial charge on any atom is 0.269 e. The number of benzene rings is 4. The highest BCUT2D eigenvalue weighted by Crippen LogP contribution is 2.56. The van der Waals surface area contributed by atoms with E-state index in [2.05, 4.69) is 98.9 Å². The van der Waals surface area contributed by atoms with E-state index in [0.717, 1.165) is 38.3 Å². The summed E-state index contributed by atoms with van der Waals surface area (Å²) in [4.78, 5) is 23.0. The second kappa shape index (κ2) is 15.9. The third-order valence-corrected chi connectivity index (χ3v) is 13.0. The van der Waals surface area contributed by atoms with Gasteiger partial charge in [0, 0.05) is 18.6 Å². The average Bonchev–Trinajstić information content (AvgIpc) is 3.02. The highest BCUT2D eigenvalue weighted by Gasteiger charge is 2.45. The van der Waals surface area contributed by atoms with Crippen LogP contribution in [0.1, 0.15) is 73.8 Å². The average molecular weight is 626 g/mol. The molecule has 2 atom stereocenters. The maximum atomic E-state index is 12.6. The largest absolute Gasteiger partial charge is 0.386 e. The van der Waals surface area contributed by atoms with Crippen molar-refractivity contribution in [3.63, 3.8) is 0 Å². The second-order valence-corrected chi connectivity index (χ2v) is 15.8. The Morgan fingerprint density at radius 1 is 0.756 bits per heavy atom. The van der Waals surface area contributed by atoms with E-state index >= 15 is 0 Å². The lowest BCUT2D eigenvalue weighted by molar-refractivity contribution is -0.384. The topological polar surface area (TPSA) is 92.5 Å². The number of nitro benzene ring substituents is 1. The fourth-order valence-corrected chi connectivity index (χ4v) is 10.7. The molecule has 0 aromatic heterocycles. The molecule has 0 spiro atoms. The number of carbonyl (C=O) groups excluding carboxylic acids is 1. The van der Waals surface area contributed by atoms with Crippen molar-refractivity contribution in [3.05, 3.63) is 129 Å². The maximum absolute atomic E-state index is 12.6. The van der Waals surface area contributed by atoms with Crippen LogP contribution in [0.25, 0.3) is 0 Å². The molecule has 7 heteroatoms. The van der Waals surface area contributed by atoms with Gasteiger partial charge < -0.3 is 10.4 Å². The van der Waals surface area contributed by atoms with Crippen LogP contribution in [0.2, 0.25) is 0 Å². The smallest absolute Gasteiger partial charge is 0.269 e. The predicted molar refractivity (Wildman–Crippen MR) is 188 cm³/mol. The first-order chi connectivity index (χ1) is 21.6. The third-order valence-electron chi connectivity index (χ3n) is 8.53. The first-order valence-corrected chi connectivity index (χ1v) is 17.9. The highest BCUT2D eigenvalue weighted by molar-refractivity contribution is 7.95. The molecular formula is C38H46N2O4P+. The molecule has 45 heavy (non-hydrogen) atoms. The molecule has 0 radical (unpaired) electrons. The molecular weight excluding hydrogens is 579 g/mol. The van der Waals surface area contributed by atoms with Gasteiger partial charge in [0.2, 0.25) is 5.91 Å². The summed E-state index contributed by atoms with van der Waals surface area (Å²) in [5, 5.41) is 28.7. The van der Waals surface area contributed by atoms with E-state index in [0.29, 0.717) is 12.0 Å². The number of rotatable bonds is 15. The van der Waals surface area contributed by atoms with Gasteiger partial charge in [-0.3, -0.25) is 14.9 Å². The fourth-order valence-electron chi connectivity index (χ4n) is 6.08. The summed E-state index contributed by atoms with van der Waals surface area (Å²) in [7, 11) is -1.89. The van der Waals surface area contributed by atoms with E-state index in [1.807, 2.05) is 0 Å². The number of hydrogen-bond acceptors (Lipinski definition) is 4. The van der Waals surface area contributed by atoms with E-state index in [1.54, 1.807) is 6.92 Å². The lowest BCUT2D eigenvalue weighted by Gasteiger charge is -2.28. The predicted octanol–water partition coefficient (Wildman–Crippen LogP) is 7.39. The lowest BCUT2D eigenvalue weighted by Crippen LogP contribution is -2.36. The molecule has 4 rings (SSSR count). The molecule has 2 N–H and O–H groups in total. The standard InChI is InChI=1S/C38H45N2O4P/c1-28-13-10-16-34(25-28)45(35-17-11-14-29(2)26-35,36-18-12-15-30(3)27-36)24-9-7-5-6-8-19-37(41)39-31(4)38(42)32-20-22-33(23-21-32)40(43)44/h10-18,20-23,25-27,31,38,42H,5-9,19,24H2,1-4H3/p+1/t31-,38+/m1/s1. The van der Waals surface area contributed by atoms with E-state index in [9.17, 15) is 20.0 Å². The summed E-state index contributed by atoms with van der Waals surface area (Å²) in [6, 6.07) is 32.5. The van der Waals surface area contributed by atoms with Crippen LogP contribution < -0.4 is 21.2 Å². The summed E-state index contributed by atoms with van der Waals surface area (Å²) in [6.45, 7) is 8.28. The number of nitro groups is 1. The molecule has 4 aromatic rings. The molecule has 0 bridgehead atoms. The van der Waals surface area contributed by atoms with E-state index < -0.39 is 24.3 Å². The zero-order chi connectivity index (χ0) is 32.4. The second-order valence-electron chi connectivity index (χ2n) is 12.2. The van der Waals surface area contributed by atoms with Crippen molar-refractivity contribution in [2.75, 3.05) is 6.16 Å². The van der Waals surface area contributed by atoms with Gasteiger partial charge in [0.25, 0.3) is 5.69 Å². The van der Waals surface area contributed by atoms with Gasteiger partial charge in [-0.25, -0.2) is 0 Å². The molecule has 0 saturated carbocycles. The molecule has 0 saturated heterocycles. The molecule has 1 amide bonds. The minimum Gasteiger partial charge on any atom is -0.386 e. The van der Waals surface area contributed by atoms with Gasteiger partial charge in [-0.2, -0.15) is 0 Å². The number of carbonyl (C=O) groups is 1. The number of aliphatic hydroxyl groups is 1. The number of nitrogens with one attached hydrogen (secondary N) is 1. The number of unbranched alkanes of at least 4 members (excludes halogenated alkanes) is 4. The highest BCUT2D eigenvalue weighted by atomic mass is 31.2. The zero-order valence-electron chi connectivity index (χ0n) is 26.9. The summed E-state index contributed by atoms with van der Waals surface area (Å²) in [5.41, 5.74) is 4.35. The number of aryl methyl sites for hydroxylation is 3. The van der Waals surface area contributed by atoms with E-state index in [1.165, 1.54) is 56.9 Å². The van der Waals surface area contributed by atoms with Gasteiger partial charge in [-0.1, -0.05) is 49.2 Å². The van der Waals surface area contributed by atoms with Crippen LogP contribution in [0.3, 0.4) is 0 Å². The fraction of sp³-hybridized carbons (Fsp3) is 0.342. The quantitative estimate of drug-likeness (QED) is 0.0624. The van der Waals surface area contributed by atoms with Crippen molar-refractivity contribution in [1.82, 2.24) is 5.32 Å². The van der Waals surface area contributed by atoms with E-state index in [-0.39, 0.29) is 11.6 Å². The van der Waals surface area contributed by atoms with Crippen molar-refractivity contribution in [1.29, 1.82) is 0 Å². The van der Waals surface area contributed by atoms with Crippen LogP contribution in [0, 0.1) is 30.9 Å². The third kappa shape index (κ3) is 8.87. The van der Waals surface area contributed by atoms with Gasteiger partial charge in [0.15, 0.2) is 0 Å². The van der Waals surface area contributed by atoms with Crippen molar-refractivity contribution < 1.29 is 14.8 Å². The summed E-state index contributed by atoms with van der Waals surface area (Å²) in [6.07, 6.45) is 5.59.